The van der Waals surface area contributed by atoms with E-state index in [1.165, 1.54) is 5.56 Å². The van der Waals surface area contributed by atoms with E-state index in [0.717, 1.165) is 19.1 Å². The topological polar surface area (TPSA) is 34.1 Å². The SMILES string of the molecule is CS(=O)(=O)C#CCCCC=Cc1ccccc1. The quantitative estimate of drug-likeness (QED) is 0.466. The minimum Gasteiger partial charge on any atom is -0.216 e. The van der Waals surface area contributed by atoms with E-state index in [0.29, 0.717) is 6.42 Å². The van der Waals surface area contributed by atoms with Gasteiger partial charge in [0.2, 0.25) is 9.84 Å². The fraction of sp³-hybridized carbons (Fsp3) is 0.286. The predicted octanol–water partition coefficient (Wildman–Crippen LogP) is 2.88. The van der Waals surface area contributed by atoms with E-state index in [-0.39, 0.29) is 0 Å². The molecule has 0 heterocycles. The average molecular weight is 248 g/mol. The number of unbranched alkanes of at least 4 members (excludes halogenated alkanes) is 2. The Labute approximate surface area is 103 Å². The first-order chi connectivity index (χ1) is 8.08. The van der Waals surface area contributed by atoms with Crippen molar-refractivity contribution in [3.8, 4) is 11.2 Å². The predicted molar refractivity (Wildman–Crippen MR) is 71.9 cm³/mol. The van der Waals surface area contributed by atoms with Crippen LogP contribution in [0.4, 0.5) is 0 Å². The van der Waals surface area contributed by atoms with E-state index in [2.05, 4.69) is 23.3 Å². The molecule has 0 aliphatic heterocycles. The van der Waals surface area contributed by atoms with Crippen LogP contribution in [0.15, 0.2) is 36.4 Å². The summed E-state index contributed by atoms with van der Waals surface area (Å²) in [5, 5.41) is 2.23. The second-order valence-corrected chi connectivity index (χ2v) is 5.50. The number of sulfone groups is 1. The Morgan fingerprint density at radius 1 is 1.24 bits per heavy atom. The molecule has 17 heavy (non-hydrogen) atoms. The molecule has 0 aliphatic rings. The van der Waals surface area contributed by atoms with Crippen LogP contribution in [0.3, 0.4) is 0 Å². The van der Waals surface area contributed by atoms with Crippen LogP contribution in [-0.4, -0.2) is 14.7 Å². The highest BCUT2D eigenvalue weighted by molar-refractivity contribution is 7.95. The van der Waals surface area contributed by atoms with E-state index in [9.17, 15) is 8.42 Å². The van der Waals surface area contributed by atoms with Crippen LogP contribution >= 0.6 is 0 Å². The third kappa shape index (κ3) is 7.37. The zero-order valence-corrected chi connectivity index (χ0v) is 10.7. The minimum absolute atomic E-state index is 0.617. The molecule has 0 unspecified atom stereocenters. The molecule has 0 fully saturated rings. The monoisotopic (exact) mass is 248 g/mol. The number of hydrogen-bond donors (Lipinski definition) is 0. The van der Waals surface area contributed by atoms with E-state index < -0.39 is 9.84 Å². The van der Waals surface area contributed by atoms with Crippen molar-refractivity contribution >= 4 is 15.9 Å². The number of allylic oxidation sites excluding steroid dienone is 1. The highest BCUT2D eigenvalue weighted by Crippen LogP contribution is 2.03. The molecule has 0 bridgehead atoms. The normalized spacial score (nSPS) is 11.1. The smallest absolute Gasteiger partial charge is 0.213 e. The van der Waals surface area contributed by atoms with Crippen LogP contribution in [0.5, 0.6) is 0 Å². The number of rotatable bonds is 4. The summed E-state index contributed by atoms with van der Waals surface area (Å²) in [5.41, 5.74) is 1.18. The molecule has 0 radical (unpaired) electrons. The Hall–Kier alpha value is -1.53. The summed E-state index contributed by atoms with van der Waals surface area (Å²) >= 11 is 0. The van der Waals surface area contributed by atoms with Gasteiger partial charge in [0.15, 0.2) is 0 Å². The lowest BCUT2D eigenvalue weighted by molar-refractivity contribution is 0.611. The Morgan fingerprint density at radius 3 is 2.59 bits per heavy atom. The van der Waals surface area contributed by atoms with Gasteiger partial charge in [-0.2, -0.15) is 0 Å². The average Bonchev–Trinajstić information content (AvgIpc) is 2.28. The highest BCUT2D eigenvalue weighted by Gasteiger charge is 1.90. The number of benzene rings is 1. The van der Waals surface area contributed by atoms with E-state index in [1.807, 2.05) is 30.3 Å². The number of hydrogen-bond acceptors (Lipinski definition) is 2. The van der Waals surface area contributed by atoms with Gasteiger partial charge >= 0.3 is 0 Å². The molecule has 3 heteroatoms. The van der Waals surface area contributed by atoms with Crippen LogP contribution in [0, 0.1) is 11.2 Å². The molecule has 0 aromatic heterocycles. The molecule has 1 rings (SSSR count). The van der Waals surface area contributed by atoms with Gasteiger partial charge in [-0.3, -0.25) is 0 Å². The summed E-state index contributed by atoms with van der Waals surface area (Å²) in [6.07, 6.45) is 7.67. The van der Waals surface area contributed by atoms with Crippen molar-refractivity contribution in [2.24, 2.45) is 0 Å². The van der Waals surface area contributed by atoms with E-state index in [4.69, 9.17) is 0 Å². The Bertz CT molecular complexity index is 516. The zero-order valence-electron chi connectivity index (χ0n) is 9.89. The summed E-state index contributed by atoms with van der Waals surface area (Å²) in [5.74, 6) is 2.65. The first-order valence-corrected chi connectivity index (χ1v) is 7.38. The molecule has 0 saturated heterocycles. The fourth-order valence-corrected chi connectivity index (χ4v) is 1.64. The molecule has 0 amide bonds. The van der Waals surface area contributed by atoms with Gasteiger partial charge in [0.1, 0.15) is 0 Å². The molecule has 0 N–H and O–H groups in total. The van der Waals surface area contributed by atoms with E-state index in [1.54, 1.807) is 0 Å². The van der Waals surface area contributed by atoms with Gasteiger partial charge in [0.05, 0.1) is 6.26 Å². The lowest BCUT2D eigenvalue weighted by Gasteiger charge is -1.91. The first-order valence-electron chi connectivity index (χ1n) is 5.49. The molecule has 0 atom stereocenters. The Morgan fingerprint density at radius 2 is 1.94 bits per heavy atom. The third-order valence-electron chi connectivity index (χ3n) is 2.04. The molecule has 0 saturated carbocycles. The molecule has 1 aromatic rings. The van der Waals surface area contributed by atoms with Crippen molar-refractivity contribution in [1.29, 1.82) is 0 Å². The highest BCUT2D eigenvalue weighted by atomic mass is 32.2. The van der Waals surface area contributed by atoms with Crippen LogP contribution in [0.1, 0.15) is 24.8 Å². The molecule has 0 aliphatic carbocycles. The summed E-state index contributed by atoms with van der Waals surface area (Å²) in [7, 11) is -3.14. The largest absolute Gasteiger partial charge is 0.216 e. The van der Waals surface area contributed by atoms with Gasteiger partial charge in [-0.15, -0.1) is 0 Å². The summed E-state index contributed by atoms with van der Waals surface area (Å²) in [6.45, 7) is 0. The lowest BCUT2D eigenvalue weighted by Crippen LogP contribution is -1.88. The van der Waals surface area contributed by atoms with Crippen molar-refractivity contribution in [1.82, 2.24) is 0 Å². The summed E-state index contributed by atoms with van der Waals surface area (Å²) < 4.78 is 21.4. The Kier molecular flexibility index (Phi) is 5.51. The lowest BCUT2D eigenvalue weighted by atomic mass is 10.2. The van der Waals surface area contributed by atoms with Crippen molar-refractivity contribution in [2.75, 3.05) is 6.26 Å². The third-order valence-corrected chi connectivity index (χ3v) is 2.56. The van der Waals surface area contributed by atoms with Crippen LogP contribution in [-0.2, 0) is 9.84 Å². The molecular weight excluding hydrogens is 232 g/mol. The van der Waals surface area contributed by atoms with Gasteiger partial charge < -0.3 is 0 Å². The standard InChI is InChI=1S/C14H16O2S/c1-17(15,16)13-9-4-2-3-6-10-14-11-7-5-8-12-14/h5-8,10-12H,2-4H2,1H3. The maximum Gasteiger partial charge on any atom is 0.213 e. The Balaban J connectivity index is 2.25. The first kappa shape index (κ1) is 13.5. The van der Waals surface area contributed by atoms with Crippen molar-refractivity contribution in [3.05, 3.63) is 42.0 Å². The van der Waals surface area contributed by atoms with Gasteiger partial charge in [-0.25, -0.2) is 8.42 Å². The van der Waals surface area contributed by atoms with Gasteiger partial charge in [0.25, 0.3) is 0 Å². The van der Waals surface area contributed by atoms with Crippen molar-refractivity contribution in [2.45, 2.75) is 19.3 Å². The second-order valence-electron chi connectivity index (χ2n) is 3.76. The maximum absolute atomic E-state index is 10.7. The molecule has 0 spiro atoms. The maximum atomic E-state index is 10.7. The fourth-order valence-electron chi connectivity index (χ4n) is 1.27. The van der Waals surface area contributed by atoms with Crippen LogP contribution in [0.2, 0.25) is 0 Å². The summed E-state index contributed by atoms with van der Waals surface area (Å²) in [4.78, 5) is 0. The minimum atomic E-state index is -3.14. The molecular formula is C14H16O2S. The van der Waals surface area contributed by atoms with Crippen LogP contribution < -0.4 is 0 Å². The second kappa shape index (κ2) is 6.93. The molecule has 90 valence electrons. The van der Waals surface area contributed by atoms with Gasteiger partial charge in [-0.1, -0.05) is 48.4 Å². The summed E-state index contributed by atoms with van der Waals surface area (Å²) in [6, 6.07) is 10.1. The molecule has 2 nitrogen and oxygen atoms in total. The van der Waals surface area contributed by atoms with Crippen LogP contribution in [0.25, 0.3) is 6.08 Å². The van der Waals surface area contributed by atoms with Crippen molar-refractivity contribution in [3.63, 3.8) is 0 Å². The van der Waals surface area contributed by atoms with Crippen molar-refractivity contribution < 1.29 is 8.42 Å². The van der Waals surface area contributed by atoms with E-state index >= 15 is 0 Å². The van der Waals surface area contributed by atoms with Gasteiger partial charge in [0, 0.05) is 11.7 Å². The molecule has 1 aromatic carbocycles. The van der Waals surface area contributed by atoms with Gasteiger partial charge in [-0.05, 0) is 18.4 Å². The zero-order chi connectivity index (χ0) is 12.6.